The highest BCUT2D eigenvalue weighted by Gasteiger charge is 2.29. The molecule has 0 spiro atoms. The zero-order valence-corrected chi connectivity index (χ0v) is 13.0. The van der Waals surface area contributed by atoms with Gasteiger partial charge in [-0.25, -0.2) is 4.79 Å². The van der Waals surface area contributed by atoms with E-state index in [0.717, 1.165) is 45.9 Å². The van der Waals surface area contributed by atoms with Crippen LogP contribution in [-0.2, 0) is 9.53 Å². The number of piperazine rings is 1. The predicted molar refractivity (Wildman–Crippen MR) is 79.1 cm³/mol. The van der Waals surface area contributed by atoms with Crippen molar-refractivity contribution >= 4 is 11.9 Å². The van der Waals surface area contributed by atoms with Gasteiger partial charge < -0.3 is 10.1 Å². The number of urea groups is 1. The molecule has 0 aromatic carbocycles. The second-order valence-electron chi connectivity index (χ2n) is 5.59. The average molecular weight is 298 g/mol. The number of nitrogens with zero attached hydrogens (tertiary/aromatic N) is 3. The van der Waals surface area contributed by atoms with Crippen molar-refractivity contribution < 1.29 is 14.3 Å². The number of carbonyl (C=O) groups is 2. The van der Waals surface area contributed by atoms with Gasteiger partial charge in [0.05, 0.1) is 13.2 Å². The molecule has 0 aliphatic carbocycles. The van der Waals surface area contributed by atoms with Gasteiger partial charge in [0, 0.05) is 51.9 Å². The van der Waals surface area contributed by atoms with E-state index < -0.39 is 0 Å². The van der Waals surface area contributed by atoms with Crippen LogP contribution in [0.2, 0.25) is 0 Å². The Morgan fingerprint density at radius 3 is 2.67 bits per heavy atom. The van der Waals surface area contributed by atoms with E-state index in [1.165, 1.54) is 4.90 Å². The first-order valence-electron chi connectivity index (χ1n) is 7.74. The van der Waals surface area contributed by atoms with Crippen molar-refractivity contribution in [2.75, 3.05) is 59.0 Å². The second kappa shape index (κ2) is 7.72. The number of imide groups is 1. The number of ether oxygens (including phenoxy) is 1. The second-order valence-corrected chi connectivity index (χ2v) is 5.59. The fraction of sp³-hybridized carbons (Fsp3) is 0.857. The molecule has 0 saturated carbocycles. The Kier molecular flexibility index (Phi) is 5.96. The van der Waals surface area contributed by atoms with Gasteiger partial charge in [-0.05, 0) is 13.8 Å². The lowest BCUT2D eigenvalue weighted by Gasteiger charge is -2.40. The molecule has 2 saturated heterocycles. The minimum atomic E-state index is -0.261. The predicted octanol–water partition coefficient (Wildman–Crippen LogP) is -0.419. The minimum absolute atomic E-state index is 0.122. The van der Waals surface area contributed by atoms with E-state index >= 15 is 0 Å². The molecule has 0 unspecified atom stereocenters. The van der Waals surface area contributed by atoms with Gasteiger partial charge in [0.1, 0.15) is 0 Å². The molecule has 7 heteroatoms. The van der Waals surface area contributed by atoms with E-state index in [0.29, 0.717) is 12.6 Å². The van der Waals surface area contributed by atoms with Crippen LogP contribution < -0.4 is 5.32 Å². The Bertz CT molecular complexity index is 361. The van der Waals surface area contributed by atoms with Crippen LogP contribution in [0.15, 0.2) is 0 Å². The minimum Gasteiger partial charge on any atom is -0.380 e. The SMILES string of the molecule is CCOCCN1CCN(CCN2C(=O)CNC2=O)C[C@@H]1C. The van der Waals surface area contributed by atoms with Crippen LogP contribution in [0.25, 0.3) is 0 Å². The van der Waals surface area contributed by atoms with Crippen LogP contribution in [0.5, 0.6) is 0 Å². The molecule has 0 radical (unpaired) electrons. The monoisotopic (exact) mass is 298 g/mol. The van der Waals surface area contributed by atoms with Gasteiger partial charge in [-0.15, -0.1) is 0 Å². The molecular formula is C14H26N4O3. The van der Waals surface area contributed by atoms with Gasteiger partial charge in [-0.1, -0.05) is 0 Å². The van der Waals surface area contributed by atoms with Crippen LogP contribution >= 0.6 is 0 Å². The molecule has 2 aliphatic rings. The van der Waals surface area contributed by atoms with Gasteiger partial charge in [0.2, 0.25) is 5.91 Å². The lowest BCUT2D eigenvalue weighted by molar-refractivity contribution is -0.125. The van der Waals surface area contributed by atoms with E-state index in [9.17, 15) is 9.59 Å². The Labute approximate surface area is 126 Å². The Morgan fingerprint density at radius 2 is 2.05 bits per heavy atom. The van der Waals surface area contributed by atoms with Crippen LogP contribution in [0.3, 0.4) is 0 Å². The molecule has 2 aliphatic heterocycles. The third-order valence-electron chi connectivity index (χ3n) is 4.15. The molecule has 3 amide bonds. The van der Waals surface area contributed by atoms with E-state index in [2.05, 4.69) is 22.0 Å². The van der Waals surface area contributed by atoms with Crippen molar-refractivity contribution in [3.05, 3.63) is 0 Å². The van der Waals surface area contributed by atoms with Crippen molar-refractivity contribution in [2.24, 2.45) is 0 Å². The lowest BCUT2D eigenvalue weighted by atomic mass is 10.2. The Morgan fingerprint density at radius 1 is 1.24 bits per heavy atom. The van der Waals surface area contributed by atoms with Gasteiger partial charge in [0.25, 0.3) is 0 Å². The summed E-state index contributed by atoms with van der Waals surface area (Å²) in [6.07, 6.45) is 0. The summed E-state index contributed by atoms with van der Waals surface area (Å²) in [5.41, 5.74) is 0. The molecular weight excluding hydrogens is 272 g/mol. The molecule has 2 fully saturated rings. The Hall–Kier alpha value is -1.18. The summed E-state index contributed by atoms with van der Waals surface area (Å²) in [7, 11) is 0. The Balaban J connectivity index is 1.70. The first kappa shape index (κ1) is 16.2. The normalized spacial score (nSPS) is 24.7. The number of carbonyl (C=O) groups excluding carboxylic acids is 2. The number of rotatable bonds is 7. The largest absolute Gasteiger partial charge is 0.380 e. The maximum absolute atomic E-state index is 11.5. The maximum atomic E-state index is 11.5. The van der Waals surface area contributed by atoms with E-state index in [4.69, 9.17) is 4.74 Å². The molecule has 0 aromatic heterocycles. The van der Waals surface area contributed by atoms with Gasteiger partial charge >= 0.3 is 6.03 Å². The van der Waals surface area contributed by atoms with Crippen LogP contribution in [0.1, 0.15) is 13.8 Å². The van der Waals surface area contributed by atoms with Gasteiger partial charge in [-0.2, -0.15) is 0 Å². The molecule has 0 aromatic rings. The van der Waals surface area contributed by atoms with Crippen molar-refractivity contribution in [3.63, 3.8) is 0 Å². The highest BCUT2D eigenvalue weighted by atomic mass is 16.5. The standard InChI is InChI=1S/C14H26N4O3/c1-3-21-9-8-17-6-4-16(11-12(17)2)5-7-18-13(19)10-15-14(18)20/h12H,3-11H2,1-2H3,(H,15,20)/t12-/m0/s1. The average Bonchev–Trinajstić information content (AvgIpc) is 2.78. The smallest absolute Gasteiger partial charge is 0.324 e. The third-order valence-corrected chi connectivity index (χ3v) is 4.15. The highest BCUT2D eigenvalue weighted by Crippen LogP contribution is 2.09. The van der Waals surface area contributed by atoms with Crippen molar-refractivity contribution in [1.29, 1.82) is 0 Å². The van der Waals surface area contributed by atoms with Gasteiger partial charge in [-0.3, -0.25) is 19.5 Å². The summed E-state index contributed by atoms with van der Waals surface area (Å²) < 4.78 is 5.41. The number of amides is 3. The first-order chi connectivity index (χ1) is 10.1. The number of nitrogens with one attached hydrogen (secondary N) is 1. The van der Waals surface area contributed by atoms with E-state index in [1.54, 1.807) is 0 Å². The summed E-state index contributed by atoms with van der Waals surface area (Å²) in [6.45, 7) is 11.1. The van der Waals surface area contributed by atoms with E-state index in [1.807, 2.05) is 6.92 Å². The van der Waals surface area contributed by atoms with Crippen LogP contribution in [0, 0.1) is 0 Å². The lowest BCUT2D eigenvalue weighted by Crippen LogP contribution is -2.54. The molecule has 7 nitrogen and oxygen atoms in total. The summed E-state index contributed by atoms with van der Waals surface area (Å²) in [5.74, 6) is -0.122. The van der Waals surface area contributed by atoms with Crippen molar-refractivity contribution in [2.45, 2.75) is 19.9 Å². The molecule has 21 heavy (non-hydrogen) atoms. The molecule has 2 rings (SSSR count). The van der Waals surface area contributed by atoms with Crippen molar-refractivity contribution in [3.8, 4) is 0 Å². The third kappa shape index (κ3) is 4.39. The number of hydrogen-bond acceptors (Lipinski definition) is 5. The summed E-state index contributed by atoms with van der Waals surface area (Å²) in [4.78, 5) is 29.1. The quantitative estimate of drug-likeness (QED) is 0.511. The van der Waals surface area contributed by atoms with Crippen molar-refractivity contribution in [1.82, 2.24) is 20.0 Å². The van der Waals surface area contributed by atoms with E-state index in [-0.39, 0.29) is 18.5 Å². The van der Waals surface area contributed by atoms with Gasteiger partial charge in [0.15, 0.2) is 0 Å². The summed E-state index contributed by atoms with van der Waals surface area (Å²) >= 11 is 0. The van der Waals surface area contributed by atoms with Crippen LogP contribution in [-0.4, -0.2) is 91.7 Å². The molecule has 2 heterocycles. The topological polar surface area (TPSA) is 65.1 Å². The molecule has 0 bridgehead atoms. The zero-order valence-electron chi connectivity index (χ0n) is 13.0. The zero-order chi connectivity index (χ0) is 15.2. The van der Waals surface area contributed by atoms with Crippen LogP contribution in [0.4, 0.5) is 4.79 Å². The molecule has 120 valence electrons. The fourth-order valence-corrected chi connectivity index (χ4v) is 2.86. The maximum Gasteiger partial charge on any atom is 0.324 e. The summed E-state index contributed by atoms with van der Waals surface area (Å²) in [5, 5.41) is 2.55. The number of hydrogen-bond donors (Lipinski definition) is 1. The summed E-state index contributed by atoms with van der Waals surface area (Å²) in [6, 6.07) is 0.214. The molecule has 1 atom stereocenters. The highest BCUT2D eigenvalue weighted by molar-refractivity contribution is 6.01. The first-order valence-corrected chi connectivity index (χ1v) is 7.74. The fourth-order valence-electron chi connectivity index (χ4n) is 2.86. The molecule has 1 N–H and O–H groups in total.